The minimum absolute atomic E-state index is 0.000615. The predicted molar refractivity (Wildman–Crippen MR) is 125 cm³/mol. The summed E-state index contributed by atoms with van der Waals surface area (Å²) in [7, 11) is 0. The van der Waals surface area contributed by atoms with Gasteiger partial charge in [0.2, 0.25) is 0 Å². The van der Waals surface area contributed by atoms with Gasteiger partial charge in [-0.2, -0.15) is 0 Å². The summed E-state index contributed by atoms with van der Waals surface area (Å²) in [6, 6.07) is 8.49. The van der Waals surface area contributed by atoms with Crippen molar-refractivity contribution in [2.24, 2.45) is 5.73 Å². The Hall–Kier alpha value is -3.30. The summed E-state index contributed by atoms with van der Waals surface area (Å²) in [4.78, 5) is 37.2. The zero-order chi connectivity index (χ0) is 24.3. The van der Waals surface area contributed by atoms with E-state index in [1.807, 2.05) is 19.1 Å². The van der Waals surface area contributed by atoms with Crippen LogP contribution in [-0.4, -0.2) is 23.9 Å². The van der Waals surface area contributed by atoms with Crippen LogP contribution in [0.2, 0.25) is 5.02 Å². The standard InChI is InChI=1S/C23H23ClN2O6S/c1-11(2)31-23(29)17-13(4)19(20(25)27)33-22(17)26-21(28)16-9-8-14(32-16)10-30-18-12(3)6-5-7-15(18)24/h5-9,11H,10H2,1-4H3,(H2,25,27)(H,26,28). The summed E-state index contributed by atoms with van der Waals surface area (Å²) in [6.07, 6.45) is -0.383. The van der Waals surface area contributed by atoms with Gasteiger partial charge < -0.3 is 24.9 Å². The molecule has 8 nitrogen and oxygen atoms in total. The summed E-state index contributed by atoms with van der Waals surface area (Å²) in [5.74, 6) is -1.04. The van der Waals surface area contributed by atoms with Gasteiger partial charge >= 0.3 is 5.97 Å². The smallest absolute Gasteiger partial charge is 0.341 e. The van der Waals surface area contributed by atoms with E-state index in [2.05, 4.69) is 5.32 Å². The Morgan fingerprint density at radius 2 is 1.91 bits per heavy atom. The topological polar surface area (TPSA) is 121 Å². The molecule has 0 bridgehead atoms. The molecule has 0 unspecified atom stereocenters. The fourth-order valence-corrected chi connectivity index (χ4v) is 4.36. The molecule has 3 aromatic rings. The summed E-state index contributed by atoms with van der Waals surface area (Å²) in [6.45, 7) is 6.90. The number of aryl methyl sites for hydroxylation is 1. The van der Waals surface area contributed by atoms with Crippen molar-refractivity contribution in [3.8, 4) is 5.75 Å². The van der Waals surface area contributed by atoms with Crippen molar-refractivity contribution in [2.75, 3.05) is 5.32 Å². The third-order valence-corrected chi connectivity index (χ3v) is 6.07. The van der Waals surface area contributed by atoms with Crippen LogP contribution in [0.15, 0.2) is 34.7 Å². The maximum atomic E-state index is 12.8. The van der Waals surface area contributed by atoms with Crippen LogP contribution in [0.4, 0.5) is 5.00 Å². The van der Waals surface area contributed by atoms with Crippen LogP contribution >= 0.6 is 22.9 Å². The number of primary amides is 1. The SMILES string of the molecule is Cc1cccc(Cl)c1OCc1ccc(C(=O)Nc2sc(C(N)=O)c(C)c2C(=O)OC(C)C)o1. The Kier molecular flexibility index (Phi) is 7.45. The minimum Gasteiger partial charge on any atom is -0.484 e. The predicted octanol–water partition coefficient (Wildman–Crippen LogP) is 5.11. The highest BCUT2D eigenvalue weighted by atomic mass is 35.5. The first-order valence-corrected chi connectivity index (χ1v) is 11.2. The van der Waals surface area contributed by atoms with E-state index >= 15 is 0 Å². The fourth-order valence-electron chi connectivity index (χ4n) is 3.04. The first-order valence-electron chi connectivity index (χ1n) is 10.0. The van der Waals surface area contributed by atoms with Crippen LogP contribution in [0.5, 0.6) is 5.75 Å². The van der Waals surface area contributed by atoms with Crippen molar-refractivity contribution in [2.45, 2.75) is 40.4 Å². The number of benzene rings is 1. The van der Waals surface area contributed by atoms with Gasteiger partial charge in [0.25, 0.3) is 11.8 Å². The van der Waals surface area contributed by atoms with Gasteiger partial charge in [-0.15, -0.1) is 11.3 Å². The van der Waals surface area contributed by atoms with Crippen molar-refractivity contribution in [3.05, 3.63) is 68.4 Å². The molecule has 2 amide bonds. The zero-order valence-corrected chi connectivity index (χ0v) is 20.1. The van der Waals surface area contributed by atoms with Gasteiger partial charge in [-0.05, 0) is 57.0 Å². The number of nitrogens with one attached hydrogen (secondary N) is 1. The molecule has 174 valence electrons. The van der Waals surface area contributed by atoms with Gasteiger partial charge in [-0.1, -0.05) is 23.7 Å². The molecule has 2 aromatic heterocycles. The molecule has 0 saturated carbocycles. The number of para-hydroxylation sites is 1. The van der Waals surface area contributed by atoms with E-state index in [-0.39, 0.29) is 33.9 Å². The number of hydrogen-bond acceptors (Lipinski definition) is 7. The van der Waals surface area contributed by atoms with Crippen molar-refractivity contribution in [1.29, 1.82) is 0 Å². The molecule has 2 heterocycles. The molecular weight excluding hydrogens is 468 g/mol. The van der Waals surface area contributed by atoms with Crippen molar-refractivity contribution >= 4 is 45.7 Å². The number of anilines is 1. The number of furan rings is 1. The molecule has 0 saturated heterocycles. The lowest BCUT2D eigenvalue weighted by Crippen LogP contribution is -2.17. The summed E-state index contributed by atoms with van der Waals surface area (Å²) < 4.78 is 16.6. The summed E-state index contributed by atoms with van der Waals surface area (Å²) in [5.41, 5.74) is 6.71. The summed E-state index contributed by atoms with van der Waals surface area (Å²) >= 11 is 7.06. The van der Waals surface area contributed by atoms with Gasteiger partial charge in [0.1, 0.15) is 23.1 Å². The van der Waals surface area contributed by atoms with Gasteiger partial charge in [0.05, 0.1) is 21.6 Å². The minimum atomic E-state index is -0.705. The first-order chi connectivity index (χ1) is 15.6. The van der Waals surface area contributed by atoms with E-state index in [4.69, 9.17) is 31.2 Å². The Balaban J connectivity index is 1.78. The Labute approximate surface area is 199 Å². The van der Waals surface area contributed by atoms with E-state index in [9.17, 15) is 14.4 Å². The highest BCUT2D eigenvalue weighted by Gasteiger charge is 2.27. The number of nitrogens with two attached hydrogens (primary N) is 1. The second-order valence-corrected chi connectivity index (χ2v) is 8.90. The lowest BCUT2D eigenvalue weighted by molar-refractivity contribution is 0.0379. The second-order valence-electron chi connectivity index (χ2n) is 7.47. The molecule has 3 N–H and O–H groups in total. The van der Waals surface area contributed by atoms with Crippen molar-refractivity contribution in [3.63, 3.8) is 0 Å². The van der Waals surface area contributed by atoms with Gasteiger partial charge in [0.15, 0.2) is 5.76 Å². The molecule has 0 atom stereocenters. The van der Waals surface area contributed by atoms with Gasteiger partial charge in [0, 0.05) is 0 Å². The van der Waals surface area contributed by atoms with Gasteiger partial charge in [-0.25, -0.2) is 4.79 Å². The molecule has 0 aliphatic heterocycles. The van der Waals surface area contributed by atoms with Crippen LogP contribution < -0.4 is 15.8 Å². The normalized spacial score (nSPS) is 10.8. The van der Waals surface area contributed by atoms with Crippen molar-refractivity contribution < 1.29 is 28.3 Å². The monoisotopic (exact) mass is 490 g/mol. The Morgan fingerprint density at radius 1 is 1.18 bits per heavy atom. The molecule has 0 radical (unpaired) electrons. The summed E-state index contributed by atoms with van der Waals surface area (Å²) in [5, 5.41) is 3.24. The second kappa shape index (κ2) is 10.1. The number of carbonyl (C=O) groups excluding carboxylic acids is 3. The third kappa shape index (κ3) is 5.55. The van der Waals surface area contributed by atoms with E-state index in [1.165, 1.54) is 6.07 Å². The van der Waals surface area contributed by atoms with Crippen LogP contribution in [0.1, 0.15) is 61.3 Å². The lowest BCUT2D eigenvalue weighted by atomic mass is 10.1. The van der Waals surface area contributed by atoms with E-state index < -0.39 is 17.8 Å². The number of halogens is 1. The molecule has 10 heteroatoms. The fraction of sp³-hybridized carbons (Fsp3) is 0.261. The van der Waals surface area contributed by atoms with Crippen molar-refractivity contribution in [1.82, 2.24) is 0 Å². The quantitative estimate of drug-likeness (QED) is 0.423. The lowest BCUT2D eigenvalue weighted by Gasteiger charge is -2.10. The molecule has 1 aromatic carbocycles. The number of esters is 1. The largest absolute Gasteiger partial charge is 0.484 e. The van der Waals surface area contributed by atoms with E-state index in [0.717, 1.165) is 16.9 Å². The number of thiophene rings is 1. The zero-order valence-electron chi connectivity index (χ0n) is 18.5. The molecule has 0 fully saturated rings. The maximum Gasteiger partial charge on any atom is 0.341 e. The molecular formula is C23H23ClN2O6S. The van der Waals surface area contributed by atoms with E-state index in [1.54, 1.807) is 32.9 Å². The molecule has 3 rings (SSSR count). The molecule has 0 spiro atoms. The number of amides is 2. The molecule has 0 aliphatic rings. The Bertz CT molecular complexity index is 1190. The number of rotatable bonds is 8. The average Bonchev–Trinajstić information content (AvgIpc) is 3.32. The van der Waals surface area contributed by atoms with Crippen LogP contribution in [0, 0.1) is 13.8 Å². The highest BCUT2D eigenvalue weighted by molar-refractivity contribution is 7.18. The average molecular weight is 491 g/mol. The van der Waals surface area contributed by atoms with E-state index in [0.29, 0.717) is 22.1 Å². The van der Waals surface area contributed by atoms with Gasteiger partial charge in [-0.3, -0.25) is 9.59 Å². The molecule has 0 aliphatic carbocycles. The molecule has 33 heavy (non-hydrogen) atoms. The Morgan fingerprint density at radius 3 is 2.55 bits per heavy atom. The number of ether oxygens (including phenoxy) is 2. The van der Waals surface area contributed by atoms with Crippen LogP contribution in [-0.2, 0) is 11.3 Å². The highest BCUT2D eigenvalue weighted by Crippen LogP contribution is 2.34. The number of hydrogen-bond donors (Lipinski definition) is 2. The third-order valence-electron chi connectivity index (χ3n) is 4.55. The van der Waals surface area contributed by atoms with Crippen LogP contribution in [0.3, 0.4) is 0 Å². The van der Waals surface area contributed by atoms with Crippen LogP contribution in [0.25, 0.3) is 0 Å². The first kappa shape index (κ1) is 24.3. The number of carbonyl (C=O) groups is 3. The maximum absolute atomic E-state index is 12.8.